The van der Waals surface area contributed by atoms with Crippen LogP contribution in [0.5, 0.6) is 5.75 Å². The van der Waals surface area contributed by atoms with E-state index in [4.69, 9.17) is 16.3 Å². The largest absolute Gasteiger partial charge is 0.489 e. The second-order valence-electron chi connectivity index (χ2n) is 9.00. The Morgan fingerprint density at radius 1 is 1.09 bits per heavy atom. The fourth-order valence-corrected chi connectivity index (χ4v) is 4.88. The molecule has 1 aliphatic carbocycles. The molecule has 1 aliphatic heterocycles. The van der Waals surface area contributed by atoms with Gasteiger partial charge in [0.1, 0.15) is 12.4 Å². The Bertz CT molecular complexity index is 998. The van der Waals surface area contributed by atoms with Gasteiger partial charge in [-0.05, 0) is 73.2 Å². The van der Waals surface area contributed by atoms with Crippen molar-refractivity contribution in [3.05, 3.63) is 76.8 Å². The van der Waals surface area contributed by atoms with Crippen LogP contribution >= 0.6 is 11.6 Å². The van der Waals surface area contributed by atoms with Gasteiger partial charge >= 0.3 is 6.18 Å². The molecule has 1 saturated heterocycles. The molecule has 1 heterocycles. The van der Waals surface area contributed by atoms with Gasteiger partial charge in [-0.1, -0.05) is 36.7 Å². The predicted molar refractivity (Wildman–Crippen MR) is 122 cm³/mol. The van der Waals surface area contributed by atoms with Crippen LogP contribution in [0.1, 0.15) is 43.2 Å². The monoisotopic (exact) mass is 477 g/mol. The number of piperidine rings is 1. The lowest BCUT2D eigenvalue weighted by Crippen LogP contribution is -2.53. The Kier molecular flexibility index (Phi) is 6.76. The van der Waals surface area contributed by atoms with Gasteiger partial charge in [0.05, 0.1) is 11.0 Å². The third-order valence-electron chi connectivity index (χ3n) is 6.91. The Balaban J connectivity index is 1.37. The lowest BCUT2D eigenvalue weighted by molar-refractivity contribution is -0.142. The topological polar surface area (TPSA) is 29.5 Å². The number of carbonyl (C=O) groups excluding carboxylic acids is 1. The highest BCUT2D eigenvalue weighted by atomic mass is 35.5. The molecular weight excluding hydrogens is 451 g/mol. The molecule has 0 radical (unpaired) electrons. The molecule has 1 atom stereocenters. The molecule has 2 fully saturated rings. The average Bonchev–Trinajstić information content (AvgIpc) is 2.77. The maximum absolute atomic E-state index is 13.6. The van der Waals surface area contributed by atoms with Crippen LogP contribution in [0.25, 0.3) is 0 Å². The molecule has 0 bridgehead atoms. The van der Waals surface area contributed by atoms with Crippen molar-refractivity contribution in [2.45, 2.75) is 43.7 Å². The second kappa shape index (κ2) is 9.41. The van der Waals surface area contributed by atoms with Gasteiger partial charge in [0.25, 0.3) is 0 Å². The molecule has 176 valence electrons. The van der Waals surface area contributed by atoms with Crippen molar-refractivity contribution in [2.75, 3.05) is 19.7 Å². The van der Waals surface area contributed by atoms with Crippen molar-refractivity contribution in [3.63, 3.8) is 0 Å². The predicted octanol–water partition coefficient (Wildman–Crippen LogP) is 6.65. The molecule has 2 aliphatic rings. The number of rotatable bonds is 6. The van der Waals surface area contributed by atoms with E-state index in [2.05, 4.69) is 6.58 Å². The number of amides is 1. The first-order valence-electron chi connectivity index (χ1n) is 11.2. The van der Waals surface area contributed by atoms with E-state index in [1.165, 1.54) is 12.1 Å². The number of nitrogens with zero attached hydrogens (tertiary/aromatic N) is 1. The van der Waals surface area contributed by atoms with Crippen LogP contribution in [0.4, 0.5) is 13.2 Å². The van der Waals surface area contributed by atoms with Gasteiger partial charge in [-0.2, -0.15) is 13.2 Å². The van der Waals surface area contributed by atoms with Crippen LogP contribution in [-0.4, -0.2) is 30.5 Å². The van der Waals surface area contributed by atoms with Gasteiger partial charge in [-0.15, -0.1) is 0 Å². The third-order valence-corrected chi connectivity index (χ3v) is 7.16. The Labute approximate surface area is 197 Å². The summed E-state index contributed by atoms with van der Waals surface area (Å²) in [6.45, 7) is 5.67. The highest BCUT2D eigenvalue weighted by molar-refractivity contribution is 6.30. The summed E-state index contributed by atoms with van der Waals surface area (Å²) in [5.41, 5.74) is 0.696. The highest BCUT2D eigenvalue weighted by Crippen LogP contribution is 2.46. The fraction of sp³-hybridized carbons (Fsp3) is 0.423. The minimum atomic E-state index is -4.37. The van der Waals surface area contributed by atoms with Gasteiger partial charge in [0.15, 0.2) is 0 Å². The SMILES string of the molecule is C=C(COc1ccc(C(F)(F)F)cc1)C1CCCN(C(=O)C2(c3ccc(Cl)cc3)CCC2)C1. The van der Waals surface area contributed by atoms with Gasteiger partial charge in [0, 0.05) is 24.0 Å². The zero-order chi connectivity index (χ0) is 23.6. The number of hydrogen-bond donors (Lipinski definition) is 0. The van der Waals surface area contributed by atoms with E-state index < -0.39 is 17.2 Å². The Morgan fingerprint density at radius 3 is 2.33 bits per heavy atom. The van der Waals surface area contributed by atoms with E-state index in [1.54, 1.807) is 0 Å². The highest BCUT2D eigenvalue weighted by Gasteiger charge is 2.48. The minimum absolute atomic E-state index is 0.0968. The average molecular weight is 478 g/mol. The molecule has 0 aromatic heterocycles. The van der Waals surface area contributed by atoms with Gasteiger partial charge in [-0.25, -0.2) is 0 Å². The standard InChI is InChI=1S/C26H27ClF3NO2/c1-18(17-33-23-11-7-21(8-12-23)26(28,29)30)19-4-2-15-31(16-19)24(32)25(13-3-14-25)20-5-9-22(27)10-6-20/h5-12,19H,1-4,13-17H2. The maximum Gasteiger partial charge on any atom is 0.416 e. The van der Waals surface area contributed by atoms with Crippen LogP contribution in [0.15, 0.2) is 60.7 Å². The molecule has 1 amide bonds. The number of alkyl halides is 3. The zero-order valence-electron chi connectivity index (χ0n) is 18.3. The van der Waals surface area contributed by atoms with Crippen molar-refractivity contribution in [2.24, 2.45) is 5.92 Å². The van der Waals surface area contributed by atoms with Crippen LogP contribution < -0.4 is 4.74 Å². The molecule has 1 unspecified atom stereocenters. The van der Waals surface area contributed by atoms with Crippen LogP contribution in [0.3, 0.4) is 0 Å². The smallest absolute Gasteiger partial charge is 0.416 e. The van der Waals surface area contributed by atoms with Gasteiger partial charge in [0.2, 0.25) is 5.91 Å². The summed E-state index contributed by atoms with van der Waals surface area (Å²) in [7, 11) is 0. The normalized spacial score (nSPS) is 20.1. The summed E-state index contributed by atoms with van der Waals surface area (Å²) < 4.78 is 43.9. The fourth-order valence-electron chi connectivity index (χ4n) is 4.76. The Hall–Kier alpha value is -2.47. The molecule has 2 aromatic carbocycles. The molecular formula is C26H27ClF3NO2. The number of hydrogen-bond acceptors (Lipinski definition) is 2. The summed E-state index contributed by atoms with van der Waals surface area (Å²) in [6.07, 6.45) is 0.127. The third kappa shape index (κ3) is 5.06. The quantitative estimate of drug-likeness (QED) is 0.436. The molecule has 7 heteroatoms. The first kappa shape index (κ1) is 23.7. The van der Waals surface area contributed by atoms with Gasteiger partial charge < -0.3 is 9.64 Å². The number of benzene rings is 2. The van der Waals surface area contributed by atoms with Crippen molar-refractivity contribution in [1.29, 1.82) is 0 Å². The lowest BCUT2D eigenvalue weighted by atomic mass is 9.63. The molecule has 2 aromatic rings. The maximum atomic E-state index is 13.6. The van der Waals surface area contributed by atoms with Crippen molar-refractivity contribution < 1.29 is 22.7 Å². The van der Waals surface area contributed by atoms with Crippen molar-refractivity contribution in [1.82, 2.24) is 4.90 Å². The summed E-state index contributed by atoms with van der Waals surface area (Å²) in [4.78, 5) is 15.5. The first-order valence-corrected chi connectivity index (χ1v) is 11.6. The summed E-state index contributed by atoms with van der Waals surface area (Å²) in [5, 5.41) is 0.656. The van der Waals surface area contributed by atoms with E-state index in [-0.39, 0.29) is 18.4 Å². The van der Waals surface area contributed by atoms with E-state index in [1.807, 2.05) is 29.2 Å². The lowest BCUT2D eigenvalue weighted by Gasteiger charge is -2.46. The molecule has 0 N–H and O–H groups in total. The van der Waals surface area contributed by atoms with E-state index in [9.17, 15) is 18.0 Å². The number of halogens is 4. The van der Waals surface area contributed by atoms with Crippen LogP contribution in [0, 0.1) is 5.92 Å². The summed E-state index contributed by atoms with van der Waals surface area (Å²) >= 11 is 6.04. The van der Waals surface area contributed by atoms with Crippen molar-refractivity contribution in [3.8, 4) is 5.75 Å². The summed E-state index contributed by atoms with van der Waals surface area (Å²) in [6, 6.07) is 12.2. The number of ether oxygens (including phenoxy) is 1. The number of carbonyl (C=O) groups is 1. The van der Waals surface area contributed by atoms with Crippen LogP contribution in [0.2, 0.25) is 5.02 Å². The van der Waals surface area contributed by atoms with Gasteiger partial charge in [-0.3, -0.25) is 4.79 Å². The molecule has 3 nitrogen and oxygen atoms in total. The first-order chi connectivity index (χ1) is 15.7. The van der Waals surface area contributed by atoms with E-state index in [0.717, 1.165) is 61.9 Å². The summed E-state index contributed by atoms with van der Waals surface area (Å²) in [5.74, 6) is 0.626. The molecule has 33 heavy (non-hydrogen) atoms. The minimum Gasteiger partial charge on any atom is -0.489 e. The molecule has 0 spiro atoms. The second-order valence-corrected chi connectivity index (χ2v) is 9.44. The zero-order valence-corrected chi connectivity index (χ0v) is 19.1. The van der Waals surface area contributed by atoms with Crippen LogP contribution in [-0.2, 0) is 16.4 Å². The Morgan fingerprint density at radius 2 is 1.76 bits per heavy atom. The molecule has 4 rings (SSSR count). The number of likely N-dealkylation sites (tertiary alicyclic amines) is 1. The van der Waals surface area contributed by atoms with E-state index in [0.29, 0.717) is 17.3 Å². The van der Waals surface area contributed by atoms with E-state index >= 15 is 0 Å². The van der Waals surface area contributed by atoms with Crippen molar-refractivity contribution >= 4 is 17.5 Å². The molecule has 1 saturated carbocycles.